The highest BCUT2D eigenvalue weighted by atomic mass is 31.3. The second-order valence-corrected chi connectivity index (χ2v) is 8.14. The van der Waals surface area contributed by atoms with Crippen molar-refractivity contribution in [3.63, 3.8) is 0 Å². The van der Waals surface area contributed by atoms with Crippen LogP contribution in [0.5, 0.6) is 0 Å². The Labute approximate surface area is 149 Å². The molecule has 2 aromatic heterocycles. The number of fused-ring (bicyclic) bond motifs is 1. The molecule has 2 aromatic rings. The molecule has 3 rings (SSSR count). The summed E-state index contributed by atoms with van der Waals surface area (Å²) in [5.41, 5.74) is -0.585. The van der Waals surface area contributed by atoms with Crippen LogP contribution < -0.4 is 15.3 Å². The Kier molecular flexibility index (Phi) is 5.35. The van der Waals surface area contributed by atoms with Gasteiger partial charge >= 0.3 is 0 Å². The zero-order valence-corrected chi connectivity index (χ0v) is 14.8. The number of hydrogen-bond acceptors (Lipinski definition) is 12. The van der Waals surface area contributed by atoms with Crippen LogP contribution in [-0.4, -0.2) is 59.5 Å². The largest absolute Gasteiger partial charge is 0.756 e. The minimum Gasteiger partial charge on any atom is -0.756 e. The second-order valence-electron chi connectivity index (χ2n) is 5.40. The Morgan fingerprint density at radius 3 is 2.67 bits per heavy atom. The first kappa shape index (κ1) is 20.2. The highest BCUT2D eigenvalue weighted by Crippen LogP contribution is 2.52. The number of nitrogens with one attached hydrogen (secondary N) is 1. The summed E-state index contributed by atoms with van der Waals surface area (Å²) in [6, 6.07) is 0. The first-order chi connectivity index (χ1) is 12.5. The van der Waals surface area contributed by atoms with Crippen LogP contribution in [0, 0.1) is 0 Å². The van der Waals surface area contributed by atoms with E-state index in [4.69, 9.17) is 9.63 Å². The summed E-state index contributed by atoms with van der Waals surface area (Å²) < 4.78 is 35.9. The van der Waals surface area contributed by atoms with Gasteiger partial charge in [0.15, 0.2) is 17.4 Å². The number of phosphoric ester groups is 1. The normalized spacial score (nSPS) is 30.3. The average molecular weight is 426 g/mol. The van der Waals surface area contributed by atoms with E-state index in [-0.39, 0.29) is 11.2 Å². The van der Waals surface area contributed by atoms with E-state index in [0.29, 0.717) is 0 Å². The summed E-state index contributed by atoms with van der Waals surface area (Å²) >= 11 is 0. The van der Waals surface area contributed by atoms with Crippen LogP contribution in [0.4, 0.5) is 0 Å². The maximum absolute atomic E-state index is 11.7. The molecule has 1 aliphatic heterocycles. The Hall–Kier alpha value is -1.51. The quantitative estimate of drug-likeness (QED) is 0.332. The number of aromatic nitrogens is 4. The lowest BCUT2D eigenvalue weighted by Crippen LogP contribution is -2.34. The molecule has 0 aromatic carbocycles. The number of rotatable bonds is 6. The molecule has 6 atom stereocenters. The maximum Gasteiger partial charge on any atom is 0.278 e. The molecule has 1 fully saturated rings. The molecule has 0 aliphatic carbocycles. The standard InChI is InChI=1S/C10H14N4O11P2/c15-6-4(1-23-27(21,22)25-26(18,19)20)24-10(7(6)16)14-3-13-5-8(14)11-2-12-9(5)17/h2-4,6-7,10,15-16H,1H2,(H,21,22)(H,11,12,17)(H2,18,19,20)/p-2/t4-,6-,7-,10-/m1/s1. The van der Waals surface area contributed by atoms with Crippen molar-refractivity contribution in [1.82, 2.24) is 19.5 Å². The van der Waals surface area contributed by atoms with E-state index >= 15 is 0 Å². The second kappa shape index (κ2) is 7.14. The third kappa shape index (κ3) is 4.33. The predicted molar refractivity (Wildman–Crippen MR) is 78.5 cm³/mol. The molecule has 1 saturated heterocycles. The van der Waals surface area contributed by atoms with Crippen LogP contribution in [0.2, 0.25) is 0 Å². The van der Waals surface area contributed by atoms with Gasteiger partial charge in [0.1, 0.15) is 18.3 Å². The minimum atomic E-state index is -5.62. The molecular formula is C10H12N4O11P2-2. The van der Waals surface area contributed by atoms with Gasteiger partial charge in [-0.2, -0.15) is 0 Å². The van der Waals surface area contributed by atoms with Crippen LogP contribution in [0.15, 0.2) is 17.4 Å². The van der Waals surface area contributed by atoms with Gasteiger partial charge in [0.2, 0.25) is 0 Å². The zero-order valence-electron chi connectivity index (χ0n) is 13.0. The molecule has 3 heterocycles. The highest BCUT2D eigenvalue weighted by molar-refractivity contribution is 7.59. The van der Waals surface area contributed by atoms with E-state index in [1.54, 1.807) is 0 Å². The molecule has 27 heavy (non-hydrogen) atoms. The summed E-state index contributed by atoms with van der Waals surface area (Å²) in [5.74, 6) is 0. The molecule has 0 saturated carbocycles. The number of ether oxygens (including phenoxy) is 1. The van der Waals surface area contributed by atoms with Crippen molar-refractivity contribution in [3.8, 4) is 0 Å². The first-order valence-corrected chi connectivity index (χ1v) is 10.1. The van der Waals surface area contributed by atoms with Crippen molar-refractivity contribution >= 4 is 26.8 Å². The first-order valence-electron chi connectivity index (χ1n) is 7.11. The number of aliphatic hydroxyl groups excluding tert-OH is 2. The molecule has 1 aliphatic rings. The molecule has 150 valence electrons. The SMILES string of the molecule is O=c1[nH]cnc2c1ncn2[C@@H]1O[C@H](COP(=O)([O-])OP(=O)([O-])O)[C@@H](O)[C@H]1O. The number of imidazole rings is 1. The van der Waals surface area contributed by atoms with Gasteiger partial charge in [-0.15, -0.1) is 0 Å². The molecule has 15 nitrogen and oxygen atoms in total. The summed E-state index contributed by atoms with van der Waals surface area (Å²) in [4.78, 5) is 51.8. The van der Waals surface area contributed by atoms with Gasteiger partial charge in [-0.1, -0.05) is 0 Å². The molecule has 0 amide bonds. The Morgan fingerprint density at radius 1 is 1.30 bits per heavy atom. The van der Waals surface area contributed by atoms with Gasteiger partial charge < -0.3 is 39.1 Å². The fourth-order valence-electron chi connectivity index (χ4n) is 2.46. The lowest BCUT2D eigenvalue weighted by Gasteiger charge is -2.28. The third-order valence-corrected chi connectivity index (χ3v) is 5.67. The van der Waals surface area contributed by atoms with E-state index in [0.717, 1.165) is 17.2 Å². The summed E-state index contributed by atoms with van der Waals surface area (Å²) in [5, 5.41) is 20.1. The van der Waals surface area contributed by atoms with E-state index in [1.165, 1.54) is 0 Å². The summed E-state index contributed by atoms with van der Waals surface area (Å²) in [6.07, 6.45) is -3.77. The van der Waals surface area contributed by atoms with E-state index in [1.807, 2.05) is 0 Å². The van der Waals surface area contributed by atoms with Crippen molar-refractivity contribution in [2.75, 3.05) is 6.61 Å². The molecule has 17 heteroatoms. The van der Waals surface area contributed by atoms with Crippen molar-refractivity contribution in [1.29, 1.82) is 0 Å². The topological polar surface area (TPSA) is 232 Å². The zero-order chi connectivity index (χ0) is 20.0. The van der Waals surface area contributed by atoms with Crippen LogP contribution in [0.25, 0.3) is 11.2 Å². The monoisotopic (exact) mass is 426 g/mol. The number of hydrogen-bond donors (Lipinski definition) is 4. The number of aromatic amines is 1. The van der Waals surface area contributed by atoms with Crippen LogP contribution in [-0.2, 0) is 22.7 Å². The summed E-state index contributed by atoms with van der Waals surface area (Å²) in [7, 11) is -11.1. The van der Waals surface area contributed by atoms with Crippen LogP contribution in [0.3, 0.4) is 0 Å². The van der Waals surface area contributed by atoms with Crippen molar-refractivity contribution in [2.45, 2.75) is 24.5 Å². The van der Waals surface area contributed by atoms with Crippen molar-refractivity contribution in [2.24, 2.45) is 0 Å². The van der Waals surface area contributed by atoms with Gasteiger partial charge in [0.25, 0.3) is 21.2 Å². The predicted octanol–water partition coefficient (Wildman–Crippen LogP) is -3.30. The Balaban J connectivity index is 1.76. The fraction of sp³-hybridized carbons (Fsp3) is 0.500. The molecule has 4 N–H and O–H groups in total. The van der Waals surface area contributed by atoms with Crippen LogP contribution in [0.1, 0.15) is 6.23 Å². The molecule has 0 spiro atoms. The number of aliphatic hydroxyl groups is 2. The number of H-pyrrole nitrogens is 1. The van der Waals surface area contributed by atoms with Crippen molar-refractivity contribution < 1.29 is 47.6 Å². The molecule has 0 radical (unpaired) electrons. The smallest absolute Gasteiger partial charge is 0.278 e. The van der Waals surface area contributed by atoms with Gasteiger partial charge in [-0.05, 0) is 0 Å². The van der Waals surface area contributed by atoms with Gasteiger partial charge in [-0.25, -0.2) is 14.3 Å². The molecular weight excluding hydrogens is 414 g/mol. The minimum absolute atomic E-state index is 0.0296. The Morgan fingerprint density at radius 2 is 2.00 bits per heavy atom. The van der Waals surface area contributed by atoms with Gasteiger partial charge in [0, 0.05) is 0 Å². The van der Waals surface area contributed by atoms with E-state index in [9.17, 15) is 33.9 Å². The lowest BCUT2D eigenvalue weighted by atomic mass is 10.1. The van der Waals surface area contributed by atoms with Gasteiger partial charge in [-0.3, -0.25) is 18.5 Å². The third-order valence-electron chi connectivity index (χ3n) is 3.58. The number of nitrogens with zero attached hydrogens (tertiary/aromatic N) is 3. The summed E-state index contributed by atoms with van der Waals surface area (Å²) in [6.45, 7) is -0.934. The average Bonchev–Trinajstić information content (AvgIpc) is 3.07. The highest BCUT2D eigenvalue weighted by Gasteiger charge is 2.45. The van der Waals surface area contributed by atoms with E-state index in [2.05, 4.69) is 23.8 Å². The number of phosphoric acid groups is 2. The fourth-order valence-corrected chi connectivity index (χ4v) is 3.99. The maximum atomic E-state index is 11.7. The van der Waals surface area contributed by atoms with Crippen molar-refractivity contribution in [3.05, 3.63) is 23.0 Å². The molecule has 2 unspecified atom stereocenters. The lowest BCUT2D eigenvalue weighted by molar-refractivity contribution is -0.242. The molecule has 0 bridgehead atoms. The van der Waals surface area contributed by atoms with Gasteiger partial charge in [0.05, 0.1) is 19.3 Å². The Bertz CT molecular complexity index is 985. The van der Waals surface area contributed by atoms with E-state index < -0.39 is 52.4 Å². The van der Waals surface area contributed by atoms with Crippen LogP contribution >= 0.6 is 15.6 Å².